The fraction of sp³-hybridized carbons (Fsp3) is 0.286. The molecule has 2 aromatic heterocycles. The van der Waals surface area contributed by atoms with Crippen molar-refractivity contribution in [1.82, 2.24) is 19.9 Å². The molecule has 35 heavy (non-hydrogen) atoms. The smallest absolute Gasteiger partial charge is 0.274 e. The summed E-state index contributed by atoms with van der Waals surface area (Å²) in [5.74, 6) is 0.817. The highest BCUT2D eigenvalue weighted by atomic mass is 16.5. The summed E-state index contributed by atoms with van der Waals surface area (Å²) in [6, 6.07) is 20.9. The molecule has 0 saturated carbocycles. The van der Waals surface area contributed by atoms with Crippen molar-refractivity contribution in [2.45, 2.75) is 31.8 Å². The number of methoxy groups -OCH3 is 1. The number of nitrogens with one attached hydrogen (secondary N) is 1. The van der Waals surface area contributed by atoms with E-state index in [2.05, 4.69) is 51.1 Å². The fourth-order valence-corrected chi connectivity index (χ4v) is 4.89. The maximum absolute atomic E-state index is 11.6. The molecule has 5 rings (SSSR count). The first-order valence-electron chi connectivity index (χ1n) is 11.8. The van der Waals surface area contributed by atoms with Gasteiger partial charge in [-0.05, 0) is 79.4 Å². The highest BCUT2D eigenvalue weighted by Crippen LogP contribution is 2.32. The van der Waals surface area contributed by atoms with Crippen LogP contribution < -0.4 is 10.2 Å². The van der Waals surface area contributed by atoms with Crippen LogP contribution in [0.2, 0.25) is 0 Å². The van der Waals surface area contributed by atoms with Crippen LogP contribution in [0.1, 0.15) is 45.8 Å². The van der Waals surface area contributed by atoms with Crippen molar-refractivity contribution in [3.63, 3.8) is 0 Å². The van der Waals surface area contributed by atoms with E-state index in [4.69, 9.17) is 9.94 Å². The molecule has 2 N–H and O–H groups in total. The minimum Gasteiger partial charge on any atom is -0.497 e. The number of likely N-dealkylation sites (tertiary alicyclic amines) is 1. The van der Waals surface area contributed by atoms with Gasteiger partial charge < -0.3 is 9.30 Å². The quantitative estimate of drug-likeness (QED) is 0.314. The Labute approximate surface area is 204 Å². The lowest BCUT2D eigenvalue weighted by Crippen LogP contribution is -2.32. The van der Waals surface area contributed by atoms with Gasteiger partial charge in [-0.2, -0.15) is 4.98 Å². The maximum Gasteiger partial charge on any atom is 0.274 e. The topological polar surface area (TPSA) is 79.6 Å². The molecule has 7 nitrogen and oxygen atoms in total. The Bertz CT molecular complexity index is 1310. The molecule has 1 aliphatic heterocycles. The summed E-state index contributed by atoms with van der Waals surface area (Å²) < 4.78 is 7.46. The number of ether oxygens (including phenoxy) is 1. The molecule has 3 heterocycles. The summed E-state index contributed by atoms with van der Waals surface area (Å²) in [4.78, 5) is 18.6. The van der Waals surface area contributed by atoms with Crippen molar-refractivity contribution in [1.29, 1.82) is 0 Å². The summed E-state index contributed by atoms with van der Waals surface area (Å²) >= 11 is 0. The standard InChI is InChI=1S/C28H28N4O3/c1-35-24-4-2-3-21(17-24)18-31-14-10-22(11-15-31)25-9-13-29-27-26(25)12-16-32(27)19-20-5-7-23(8-6-20)28(33)30-34/h2-8,12,16-17,22,34H,10-11,14-15,18-19H2,1H3,(H,30,33). The van der Waals surface area contributed by atoms with Crippen molar-refractivity contribution >= 4 is 16.9 Å². The number of benzene rings is 2. The minimum atomic E-state index is -0.519. The summed E-state index contributed by atoms with van der Waals surface area (Å²) in [5.41, 5.74) is 6.48. The van der Waals surface area contributed by atoms with E-state index in [1.54, 1.807) is 24.7 Å². The number of carbonyl (C=O) groups is 1. The highest BCUT2D eigenvalue weighted by molar-refractivity contribution is 5.93. The number of aromatic nitrogens is 2. The zero-order valence-corrected chi connectivity index (χ0v) is 19.7. The Morgan fingerprint density at radius 2 is 1.91 bits per heavy atom. The van der Waals surface area contributed by atoms with Gasteiger partial charge in [-0.25, -0.2) is 5.48 Å². The number of hydrogen-bond acceptors (Lipinski definition) is 5. The lowest BCUT2D eigenvalue weighted by molar-refractivity contribution is 0.0706. The second kappa shape index (κ2) is 10.2. The van der Waals surface area contributed by atoms with Crippen molar-refractivity contribution < 1.29 is 14.7 Å². The van der Waals surface area contributed by atoms with Crippen LogP contribution in [0.5, 0.6) is 5.75 Å². The van der Waals surface area contributed by atoms with Gasteiger partial charge >= 0.3 is 0 Å². The SMILES string of the molecule is COc1cccc(CN2CCC(c3c#cnc4c3ccn4Cc3ccc(C(=O)NO)cc3)CC2)c1. The molecular formula is C28H28N4O3. The van der Waals surface area contributed by atoms with Crippen LogP contribution in [-0.2, 0) is 13.1 Å². The van der Waals surface area contributed by atoms with E-state index in [9.17, 15) is 4.79 Å². The van der Waals surface area contributed by atoms with Crippen molar-refractivity contribution in [3.05, 3.63) is 95.3 Å². The van der Waals surface area contributed by atoms with E-state index in [0.717, 1.165) is 54.8 Å². The van der Waals surface area contributed by atoms with Gasteiger partial charge in [-0.15, -0.1) is 0 Å². The third-order valence-electron chi connectivity index (χ3n) is 6.78. The molecule has 0 bridgehead atoms. The Morgan fingerprint density at radius 3 is 2.66 bits per heavy atom. The van der Waals surface area contributed by atoms with Crippen LogP contribution in [0, 0.1) is 12.3 Å². The molecule has 1 saturated heterocycles. The Morgan fingerprint density at radius 1 is 1.11 bits per heavy atom. The molecule has 178 valence electrons. The molecular weight excluding hydrogens is 440 g/mol. The van der Waals surface area contributed by atoms with Crippen LogP contribution in [0.3, 0.4) is 0 Å². The summed E-state index contributed by atoms with van der Waals surface area (Å²) in [6.45, 7) is 3.64. The second-order valence-electron chi connectivity index (χ2n) is 8.98. The first-order valence-corrected chi connectivity index (χ1v) is 11.8. The molecule has 1 amide bonds. The van der Waals surface area contributed by atoms with Gasteiger partial charge in [0, 0.05) is 42.0 Å². The van der Waals surface area contributed by atoms with Gasteiger partial charge in [-0.3, -0.25) is 14.9 Å². The van der Waals surface area contributed by atoms with Gasteiger partial charge in [0.1, 0.15) is 5.75 Å². The zero-order chi connectivity index (χ0) is 24.2. The summed E-state index contributed by atoms with van der Waals surface area (Å²) in [6.07, 6.45) is 7.21. The van der Waals surface area contributed by atoms with Crippen LogP contribution >= 0.6 is 0 Å². The molecule has 0 aliphatic carbocycles. The molecule has 1 aliphatic rings. The number of hydroxylamine groups is 1. The Hall–Kier alpha value is -3.86. The van der Waals surface area contributed by atoms with Gasteiger partial charge in [0.2, 0.25) is 0 Å². The van der Waals surface area contributed by atoms with Crippen LogP contribution in [0.25, 0.3) is 11.0 Å². The predicted octanol–water partition coefficient (Wildman–Crippen LogP) is 4.19. The van der Waals surface area contributed by atoms with Crippen molar-refractivity contribution in [2.24, 2.45) is 0 Å². The third kappa shape index (κ3) is 4.99. The lowest BCUT2D eigenvalue weighted by Gasteiger charge is -2.31. The Balaban J connectivity index is 1.26. The van der Waals surface area contributed by atoms with E-state index in [1.807, 2.05) is 24.3 Å². The van der Waals surface area contributed by atoms with E-state index in [1.165, 1.54) is 11.1 Å². The number of nitrogens with zero attached hydrogens (tertiary/aromatic N) is 3. The predicted molar refractivity (Wildman–Crippen MR) is 132 cm³/mol. The van der Waals surface area contributed by atoms with E-state index >= 15 is 0 Å². The molecule has 1 fully saturated rings. The van der Waals surface area contributed by atoms with E-state index < -0.39 is 5.91 Å². The number of hydrogen-bond donors (Lipinski definition) is 2. The lowest BCUT2D eigenvalue weighted by atomic mass is 9.89. The largest absolute Gasteiger partial charge is 0.497 e. The molecule has 0 atom stereocenters. The van der Waals surface area contributed by atoms with E-state index in [0.29, 0.717) is 18.0 Å². The molecule has 4 aromatic rings. The number of carbonyl (C=O) groups excluding carboxylic acids is 1. The molecule has 0 unspecified atom stereocenters. The average Bonchev–Trinajstić information content (AvgIpc) is 3.32. The van der Waals surface area contributed by atoms with Crippen LogP contribution in [0.15, 0.2) is 60.8 Å². The third-order valence-corrected chi connectivity index (χ3v) is 6.78. The van der Waals surface area contributed by atoms with E-state index in [-0.39, 0.29) is 0 Å². The monoisotopic (exact) mass is 468 g/mol. The van der Waals surface area contributed by atoms with Crippen LogP contribution in [0.4, 0.5) is 0 Å². The molecule has 2 aromatic carbocycles. The minimum absolute atomic E-state index is 0.412. The van der Waals surface area contributed by atoms with Crippen LogP contribution in [-0.4, -0.2) is 45.8 Å². The first-order chi connectivity index (χ1) is 17.1. The summed E-state index contributed by atoms with van der Waals surface area (Å²) in [5, 5.41) is 9.92. The van der Waals surface area contributed by atoms with Crippen molar-refractivity contribution in [3.8, 4) is 5.75 Å². The molecule has 7 heteroatoms. The number of amides is 1. The normalized spacial score (nSPS) is 14.6. The van der Waals surface area contributed by atoms with Gasteiger partial charge in [-0.1, -0.05) is 24.3 Å². The summed E-state index contributed by atoms with van der Waals surface area (Å²) in [7, 11) is 1.70. The number of piperidine rings is 1. The highest BCUT2D eigenvalue weighted by Gasteiger charge is 2.23. The number of fused-ring (bicyclic) bond motifs is 1. The second-order valence-corrected chi connectivity index (χ2v) is 8.98. The molecule has 0 radical (unpaired) electrons. The average molecular weight is 469 g/mol. The first kappa shape index (κ1) is 22.9. The maximum atomic E-state index is 11.6. The number of rotatable bonds is 7. The van der Waals surface area contributed by atoms with Crippen molar-refractivity contribution in [2.75, 3.05) is 20.2 Å². The fourth-order valence-electron chi connectivity index (χ4n) is 4.89. The van der Waals surface area contributed by atoms with Gasteiger partial charge in [0.05, 0.1) is 7.11 Å². The molecule has 0 spiro atoms. The Kier molecular flexibility index (Phi) is 6.66. The zero-order valence-electron chi connectivity index (χ0n) is 19.7. The van der Waals surface area contributed by atoms with Gasteiger partial charge in [0.15, 0.2) is 5.65 Å². The van der Waals surface area contributed by atoms with Gasteiger partial charge in [0.25, 0.3) is 5.91 Å².